The van der Waals surface area contributed by atoms with Crippen molar-refractivity contribution in [3.05, 3.63) is 31.8 Å². The van der Waals surface area contributed by atoms with Crippen molar-refractivity contribution in [1.29, 1.82) is 0 Å². The van der Waals surface area contributed by atoms with Gasteiger partial charge in [0.05, 0.1) is 5.56 Å². The van der Waals surface area contributed by atoms with Crippen molar-refractivity contribution in [1.82, 2.24) is 4.90 Å². The molecular formula is C12H13BrINOS. The molecule has 1 unspecified atom stereocenters. The van der Waals surface area contributed by atoms with Gasteiger partial charge in [0.1, 0.15) is 0 Å². The summed E-state index contributed by atoms with van der Waals surface area (Å²) in [4.78, 5) is 14.3. The first-order chi connectivity index (χ1) is 8.09. The smallest absolute Gasteiger partial charge is 0.255 e. The molecule has 0 saturated carbocycles. The molecule has 1 aromatic rings. The Hall–Kier alpha value is 0.250. The number of thioether (sulfide) groups is 1. The molecule has 1 saturated heterocycles. The maximum absolute atomic E-state index is 12.4. The topological polar surface area (TPSA) is 20.3 Å². The van der Waals surface area contributed by atoms with Crippen molar-refractivity contribution in [2.24, 2.45) is 0 Å². The van der Waals surface area contributed by atoms with E-state index in [0.29, 0.717) is 6.04 Å². The highest BCUT2D eigenvalue weighted by Gasteiger charge is 2.25. The minimum absolute atomic E-state index is 0.114. The lowest BCUT2D eigenvalue weighted by atomic mass is 10.1. The first-order valence-electron chi connectivity index (χ1n) is 5.39. The number of carbonyl (C=O) groups excluding carboxylic acids is 1. The van der Waals surface area contributed by atoms with Gasteiger partial charge in [-0.2, -0.15) is 11.8 Å². The van der Waals surface area contributed by atoms with Crippen molar-refractivity contribution < 1.29 is 4.79 Å². The first kappa shape index (κ1) is 13.7. The first-order valence-corrected chi connectivity index (χ1v) is 8.42. The van der Waals surface area contributed by atoms with E-state index in [2.05, 4.69) is 38.5 Å². The molecule has 0 radical (unpaired) electrons. The second-order valence-electron chi connectivity index (χ2n) is 4.06. The van der Waals surface area contributed by atoms with Crippen LogP contribution < -0.4 is 0 Å². The van der Waals surface area contributed by atoms with Crippen LogP contribution in [0.1, 0.15) is 16.8 Å². The lowest BCUT2D eigenvalue weighted by molar-refractivity contribution is 0.0747. The monoisotopic (exact) mass is 425 g/mol. The van der Waals surface area contributed by atoms with Gasteiger partial charge in [-0.1, -0.05) is 0 Å². The van der Waals surface area contributed by atoms with E-state index in [-0.39, 0.29) is 5.91 Å². The van der Waals surface area contributed by atoms with Crippen LogP contribution in [0.5, 0.6) is 0 Å². The molecule has 0 aromatic heterocycles. The minimum Gasteiger partial charge on any atom is -0.338 e. The molecular weight excluding hydrogens is 413 g/mol. The Balaban J connectivity index is 2.20. The number of amides is 1. The lowest BCUT2D eigenvalue weighted by Crippen LogP contribution is -2.37. The summed E-state index contributed by atoms with van der Waals surface area (Å²) in [6.45, 7) is 0. The quantitative estimate of drug-likeness (QED) is 0.674. The standard InChI is InChI=1S/C12H13BrINOS/c1-15(9-4-5-17-7-9)12(16)10-6-8(14)2-3-11(10)13/h2-3,6,9H,4-5,7H2,1H3. The number of hydrogen-bond donors (Lipinski definition) is 0. The van der Waals surface area contributed by atoms with Gasteiger partial charge in [-0.15, -0.1) is 0 Å². The van der Waals surface area contributed by atoms with E-state index in [0.717, 1.165) is 31.5 Å². The van der Waals surface area contributed by atoms with E-state index in [1.807, 2.05) is 41.9 Å². The van der Waals surface area contributed by atoms with Crippen LogP contribution in [0.2, 0.25) is 0 Å². The summed E-state index contributed by atoms with van der Waals surface area (Å²) in [7, 11) is 1.91. The van der Waals surface area contributed by atoms with Gasteiger partial charge < -0.3 is 4.90 Å². The lowest BCUT2D eigenvalue weighted by Gasteiger charge is -2.24. The van der Waals surface area contributed by atoms with Gasteiger partial charge in [-0.3, -0.25) is 4.79 Å². The van der Waals surface area contributed by atoms with E-state index in [1.165, 1.54) is 0 Å². The van der Waals surface area contributed by atoms with Crippen LogP contribution in [-0.4, -0.2) is 35.4 Å². The average molecular weight is 426 g/mol. The molecule has 0 spiro atoms. The van der Waals surface area contributed by atoms with Gasteiger partial charge in [0.15, 0.2) is 0 Å². The summed E-state index contributed by atoms with van der Waals surface area (Å²) >= 11 is 7.61. The molecule has 1 aromatic carbocycles. The largest absolute Gasteiger partial charge is 0.338 e. The summed E-state index contributed by atoms with van der Waals surface area (Å²) in [6.07, 6.45) is 1.11. The number of nitrogens with zero attached hydrogens (tertiary/aromatic N) is 1. The summed E-state index contributed by atoms with van der Waals surface area (Å²) in [5.41, 5.74) is 0.760. The van der Waals surface area contributed by atoms with Crippen molar-refractivity contribution in [3.8, 4) is 0 Å². The predicted molar refractivity (Wildman–Crippen MR) is 84.7 cm³/mol. The molecule has 1 aliphatic heterocycles. The maximum Gasteiger partial charge on any atom is 0.255 e. The van der Waals surface area contributed by atoms with E-state index < -0.39 is 0 Å². The SMILES string of the molecule is CN(C(=O)c1cc(I)ccc1Br)C1CCSC1. The molecule has 0 bridgehead atoms. The predicted octanol–water partition coefficient (Wildman–Crippen LogP) is 3.63. The molecule has 2 nitrogen and oxygen atoms in total. The third kappa shape index (κ3) is 3.17. The molecule has 2 rings (SSSR count). The molecule has 1 atom stereocenters. The Morgan fingerprint density at radius 1 is 1.59 bits per heavy atom. The highest BCUT2D eigenvalue weighted by atomic mass is 127. The summed E-state index contributed by atoms with van der Waals surface area (Å²) < 4.78 is 1.96. The van der Waals surface area contributed by atoms with Crippen molar-refractivity contribution in [2.45, 2.75) is 12.5 Å². The van der Waals surface area contributed by atoms with Crippen LogP contribution in [0, 0.1) is 3.57 Å². The van der Waals surface area contributed by atoms with Crippen LogP contribution in [0.3, 0.4) is 0 Å². The van der Waals surface area contributed by atoms with Crippen LogP contribution in [-0.2, 0) is 0 Å². The number of rotatable bonds is 2. The molecule has 0 N–H and O–H groups in total. The summed E-state index contributed by atoms with van der Waals surface area (Å²) in [5.74, 6) is 2.34. The fraction of sp³-hybridized carbons (Fsp3) is 0.417. The zero-order chi connectivity index (χ0) is 12.4. The van der Waals surface area contributed by atoms with Crippen molar-refractivity contribution in [2.75, 3.05) is 18.6 Å². The number of halogens is 2. The van der Waals surface area contributed by atoms with E-state index in [1.54, 1.807) is 0 Å². The molecule has 1 fully saturated rings. The van der Waals surface area contributed by atoms with E-state index >= 15 is 0 Å². The fourth-order valence-electron chi connectivity index (χ4n) is 1.84. The minimum atomic E-state index is 0.114. The number of hydrogen-bond acceptors (Lipinski definition) is 2. The van der Waals surface area contributed by atoms with E-state index in [9.17, 15) is 4.79 Å². The number of carbonyl (C=O) groups is 1. The normalized spacial score (nSPS) is 19.4. The Morgan fingerprint density at radius 3 is 3.00 bits per heavy atom. The third-order valence-corrected chi connectivity index (χ3v) is 5.44. The average Bonchev–Trinajstić information content (AvgIpc) is 2.84. The van der Waals surface area contributed by atoms with Crippen LogP contribution in [0.4, 0.5) is 0 Å². The van der Waals surface area contributed by atoms with Gasteiger partial charge in [-0.05, 0) is 68.9 Å². The van der Waals surface area contributed by atoms with Gasteiger partial charge >= 0.3 is 0 Å². The second kappa shape index (κ2) is 5.93. The van der Waals surface area contributed by atoms with Gasteiger partial charge in [0.2, 0.25) is 0 Å². The molecule has 5 heteroatoms. The Kier molecular flexibility index (Phi) is 4.77. The summed E-state index contributed by atoms with van der Waals surface area (Å²) in [6, 6.07) is 6.25. The second-order valence-corrected chi connectivity index (χ2v) is 7.31. The van der Waals surface area contributed by atoms with Crippen LogP contribution >= 0.6 is 50.3 Å². The molecule has 1 amide bonds. The molecule has 0 aliphatic carbocycles. The Bertz CT molecular complexity index is 435. The number of benzene rings is 1. The molecule has 17 heavy (non-hydrogen) atoms. The third-order valence-electron chi connectivity index (χ3n) is 2.93. The van der Waals surface area contributed by atoms with Gasteiger partial charge in [0, 0.05) is 26.9 Å². The highest BCUT2D eigenvalue weighted by Crippen LogP contribution is 2.25. The molecule has 1 aliphatic rings. The van der Waals surface area contributed by atoms with E-state index in [4.69, 9.17) is 0 Å². The Morgan fingerprint density at radius 2 is 2.35 bits per heavy atom. The van der Waals surface area contributed by atoms with Crippen LogP contribution in [0.25, 0.3) is 0 Å². The Labute approximate surface area is 128 Å². The van der Waals surface area contributed by atoms with Crippen molar-refractivity contribution >= 4 is 56.2 Å². The zero-order valence-corrected chi connectivity index (χ0v) is 14.0. The van der Waals surface area contributed by atoms with Crippen LogP contribution in [0.15, 0.2) is 22.7 Å². The highest BCUT2D eigenvalue weighted by molar-refractivity contribution is 14.1. The maximum atomic E-state index is 12.4. The summed E-state index contributed by atoms with van der Waals surface area (Å²) in [5, 5.41) is 0. The molecule has 92 valence electrons. The van der Waals surface area contributed by atoms with Crippen molar-refractivity contribution in [3.63, 3.8) is 0 Å². The van der Waals surface area contributed by atoms with Gasteiger partial charge in [0.25, 0.3) is 5.91 Å². The zero-order valence-electron chi connectivity index (χ0n) is 9.45. The molecule has 1 heterocycles. The fourth-order valence-corrected chi connectivity index (χ4v) is 4.02. The van der Waals surface area contributed by atoms with Gasteiger partial charge in [-0.25, -0.2) is 0 Å².